The van der Waals surface area contributed by atoms with Gasteiger partial charge in [0, 0.05) is 38.0 Å². The van der Waals surface area contributed by atoms with Crippen molar-refractivity contribution in [2.75, 3.05) is 33.3 Å². The summed E-state index contributed by atoms with van der Waals surface area (Å²) in [6.07, 6.45) is -0.460. The minimum atomic E-state index is -0.942. The fourth-order valence-electron chi connectivity index (χ4n) is 4.93. The number of aliphatic carboxylic acids is 1. The number of fused-ring (bicyclic) bond motifs is 3. The summed E-state index contributed by atoms with van der Waals surface area (Å²) in [4.78, 5) is 40.5. The van der Waals surface area contributed by atoms with Gasteiger partial charge in [0.1, 0.15) is 12.6 Å². The molecular weight excluding hydrogens is 446 g/mol. The third-order valence-electron chi connectivity index (χ3n) is 7.13. The van der Waals surface area contributed by atoms with Gasteiger partial charge in [-0.3, -0.25) is 14.5 Å². The Labute approximate surface area is 205 Å². The zero-order valence-corrected chi connectivity index (χ0v) is 20.4. The number of piperazine rings is 1. The van der Waals surface area contributed by atoms with Crippen LogP contribution in [0.2, 0.25) is 0 Å². The first-order chi connectivity index (χ1) is 16.8. The van der Waals surface area contributed by atoms with E-state index in [1.807, 2.05) is 38.1 Å². The first-order valence-corrected chi connectivity index (χ1v) is 12.1. The Morgan fingerprint density at radius 2 is 1.63 bits per heavy atom. The van der Waals surface area contributed by atoms with Crippen LogP contribution in [0.3, 0.4) is 0 Å². The first kappa shape index (κ1) is 24.7. The van der Waals surface area contributed by atoms with Crippen molar-refractivity contribution in [3.8, 4) is 11.1 Å². The Bertz CT molecular complexity index is 1060. The minimum Gasteiger partial charge on any atom is -0.480 e. The standard InChI is InChI=1S/C27H33N3O5/c1-17(2)23(14-25(31)30-13-12-29(3)24(15-30)26(32)33)28-27(34)35-16-22-20-10-6-4-8-18(20)19-9-5-7-11-21(19)22/h4-11,17,22-24H,12-16H2,1-3H3,(H,28,34)(H,32,33)/t23-,24?/m1/s1. The molecule has 2 aromatic carbocycles. The van der Waals surface area contributed by atoms with Crippen molar-refractivity contribution in [3.05, 3.63) is 59.7 Å². The van der Waals surface area contributed by atoms with Gasteiger partial charge in [0.2, 0.25) is 5.91 Å². The second-order valence-electron chi connectivity index (χ2n) is 9.70. The van der Waals surface area contributed by atoms with E-state index in [1.165, 1.54) is 0 Å². The van der Waals surface area contributed by atoms with Gasteiger partial charge in [-0.05, 0) is 35.2 Å². The molecule has 1 aliphatic carbocycles. The number of benzene rings is 2. The van der Waals surface area contributed by atoms with Gasteiger partial charge >= 0.3 is 12.1 Å². The summed E-state index contributed by atoms with van der Waals surface area (Å²) in [6.45, 7) is 5.18. The Kier molecular flexibility index (Phi) is 7.40. The second kappa shape index (κ2) is 10.5. The third-order valence-corrected chi connectivity index (χ3v) is 7.13. The molecule has 35 heavy (non-hydrogen) atoms. The Balaban J connectivity index is 1.36. The smallest absolute Gasteiger partial charge is 0.407 e. The van der Waals surface area contributed by atoms with Crippen LogP contribution >= 0.6 is 0 Å². The molecule has 1 fully saturated rings. The molecule has 0 saturated carbocycles. The summed E-state index contributed by atoms with van der Waals surface area (Å²) in [5.74, 6) is -1.14. The number of nitrogens with zero attached hydrogens (tertiary/aromatic N) is 2. The van der Waals surface area contributed by atoms with E-state index in [4.69, 9.17) is 4.74 Å². The van der Waals surface area contributed by atoms with Crippen LogP contribution in [0.25, 0.3) is 11.1 Å². The van der Waals surface area contributed by atoms with E-state index in [9.17, 15) is 19.5 Å². The molecule has 0 spiro atoms. The Hall–Kier alpha value is -3.39. The van der Waals surface area contributed by atoms with Crippen molar-refractivity contribution in [3.63, 3.8) is 0 Å². The average molecular weight is 480 g/mol. The summed E-state index contributed by atoms with van der Waals surface area (Å²) in [5, 5.41) is 12.3. The topological polar surface area (TPSA) is 99.2 Å². The highest BCUT2D eigenvalue weighted by Crippen LogP contribution is 2.44. The first-order valence-electron chi connectivity index (χ1n) is 12.1. The van der Waals surface area contributed by atoms with E-state index in [1.54, 1.807) is 16.8 Å². The SMILES string of the molecule is CC(C)[C@@H](CC(=O)N1CCN(C)C(C(=O)O)C1)NC(=O)OCC1c2ccccc2-c2ccccc21. The van der Waals surface area contributed by atoms with Crippen molar-refractivity contribution in [2.45, 2.75) is 38.3 Å². The lowest BCUT2D eigenvalue weighted by molar-refractivity contribution is -0.147. The molecule has 0 bridgehead atoms. The van der Waals surface area contributed by atoms with Crippen LogP contribution in [0.4, 0.5) is 4.79 Å². The summed E-state index contributed by atoms with van der Waals surface area (Å²) < 4.78 is 5.65. The third kappa shape index (κ3) is 5.32. The zero-order valence-electron chi connectivity index (χ0n) is 20.4. The van der Waals surface area contributed by atoms with Gasteiger partial charge in [-0.2, -0.15) is 0 Å². The molecule has 8 nitrogen and oxygen atoms in total. The number of hydrogen-bond donors (Lipinski definition) is 2. The van der Waals surface area contributed by atoms with Gasteiger partial charge in [-0.1, -0.05) is 62.4 Å². The molecule has 186 valence electrons. The highest BCUT2D eigenvalue weighted by molar-refractivity contribution is 5.81. The molecule has 2 N–H and O–H groups in total. The number of nitrogens with one attached hydrogen (secondary N) is 1. The van der Waals surface area contributed by atoms with Crippen molar-refractivity contribution in [2.24, 2.45) is 5.92 Å². The molecule has 2 aromatic rings. The van der Waals surface area contributed by atoms with Crippen LogP contribution in [0, 0.1) is 5.92 Å². The summed E-state index contributed by atoms with van der Waals surface area (Å²) >= 11 is 0. The predicted octanol–water partition coefficient (Wildman–Crippen LogP) is 3.17. The molecule has 2 aliphatic rings. The van der Waals surface area contributed by atoms with E-state index in [0.29, 0.717) is 13.1 Å². The molecule has 0 aromatic heterocycles. The lowest BCUT2D eigenvalue weighted by Gasteiger charge is -2.38. The number of hydrogen-bond acceptors (Lipinski definition) is 5. The van der Waals surface area contributed by atoms with E-state index in [-0.39, 0.29) is 37.3 Å². The highest BCUT2D eigenvalue weighted by Gasteiger charge is 2.34. The van der Waals surface area contributed by atoms with Gasteiger partial charge in [0.05, 0.1) is 0 Å². The van der Waals surface area contributed by atoms with Gasteiger partial charge < -0.3 is 20.1 Å². The number of rotatable bonds is 7. The number of carboxylic acid groups (broad SMARTS) is 1. The summed E-state index contributed by atoms with van der Waals surface area (Å²) in [7, 11) is 1.75. The number of likely N-dealkylation sites (N-methyl/N-ethyl adjacent to an activating group) is 1. The summed E-state index contributed by atoms with van der Waals surface area (Å²) in [5.41, 5.74) is 4.60. The molecule has 1 heterocycles. The lowest BCUT2D eigenvalue weighted by Crippen LogP contribution is -2.57. The average Bonchev–Trinajstić information content (AvgIpc) is 3.16. The summed E-state index contributed by atoms with van der Waals surface area (Å²) in [6, 6.07) is 15.2. The second-order valence-corrected chi connectivity index (χ2v) is 9.70. The maximum absolute atomic E-state index is 12.9. The molecule has 1 unspecified atom stereocenters. The fraction of sp³-hybridized carbons (Fsp3) is 0.444. The van der Waals surface area contributed by atoms with Gasteiger partial charge in [-0.15, -0.1) is 0 Å². The van der Waals surface area contributed by atoms with Crippen LogP contribution < -0.4 is 5.32 Å². The molecule has 1 aliphatic heterocycles. The fourth-order valence-corrected chi connectivity index (χ4v) is 4.93. The number of alkyl carbamates (subject to hydrolysis) is 1. The van der Waals surface area contributed by atoms with E-state index < -0.39 is 24.1 Å². The molecule has 1 saturated heterocycles. The van der Waals surface area contributed by atoms with Crippen LogP contribution in [0.15, 0.2) is 48.5 Å². The monoisotopic (exact) mass is 479 g/mol. The molecule has 0 radical (unpaired) electrons. The predicted molar refractivity (Wildman–Crippen MR) is 132 cm³/mol. The Morgan fingerprint density at radius 1 is 1.03 bits per heavy atom. The largest absolute Gasteiger partial charge is 0.480 e. The van der Waals surface area contributed by atoms with E-state index >= 15 is 0 Å². The van der Waals surface area contributed by atoms with Crippen molar-refractivity contribution in [1.29, 1.82) is 0 Å². The van der Waals surface area contributed by atoms with Crippen molar-refractivity contribution in [1.82, 2.24) is 15.1 Å². The zero-order chi connectivity index (χ0) is 25.1. The lowest BCUT2D eigenvalue weighted by atomic mass is 9.98. The minimum absolute atomic E-state index is 0.00201. The molecule has 2 atom stereocenters. The number of amides is 2. The van der Waals surface area contributed by atoms with Gasteiger partial charge in [0.25, 0.3) is 0 Å². The maximum atomic E-state index is 12.9. The normalized spacial score (nSPS) is 18.6. The number of carbonyl (C=O) groups excluding carboxylic acids is 2. The number of ether oxygens (including phenoxy) is 1. The molecule has 2 amide bonds. The highest BCUT2D eigenvalue weighted by atomic mass is 16.5. The van der Waals surface area contributed by atoms with Gasteiger partial charge in [0.15, 0.2) is 0 Å². The van der Waals surface area contributed by atoms with Crippen LogP contribution in [-0.2, 0) is 14.3 Å². The van der Waals surface area contributed by atoms with Crippen molar-refractivity contribution < 1.29 is 24.2 Å². The number of carbonyl (C=O) groups is 3. The molecular formula is C27H33N3O5. The van der Waals surface area contributed by atoms with Crippen LogP contribution in [-0.4, -0.2) is 78.2 Å². The Morgan fingerprint density at radius 3 is 2.20 bits per heavy atom. The number of carboxylic acids is 1. The van der Waals surface area contributed by atoms with Crippen LogP contribution in [0.5, 0.6) is 0 Å². The van der Waals surface area contributed by atoms with Gasteiger partial charge in [-0.25, -0.2) is 4.79 Å². The quantitative estimate of drug-likeness (QED) is 0.633. The molecule has 4 rings (SSSR count). The van der Waals surface area contributed by atoms with Crippen molar-refractivity contribution >= 4 is 18.0 Å². The van der Waals surface area contributed by atoms with E-state index in [0.717, 1.165) is 22.3 Å². The van der Waals surface area contributed by atoms with E-state index in [2.05, 4.69) is 29.6 Å². The molecule has 8 heteroatoms. The van der Waals surface area contributed by atoms with Crippen LogP contribution in [0.1, 0.15) is 37.3 Å². The maximum Gasteiger partial charge on any atom is 0.407 e.